The first kappa shape index (κ1) is 9.28. The first-order chi connectivity index (χ1) is 4.91. The highest BCUT2D eigenvalue weighted by Gasteiger charge is 2.13. The number of hydrogen-bond donors (Lipinski definition) is 2. The zero-order valence-corrected chi connectivity index (χ0v) is 8.28. The van der Waals surface area contributed by atoms with Crippen molar-refractivity contribution < 1.29 is 4.21 Å². The second-order valence-electron chi connectivity index (χ2n) is 1.79. The van der Waals surface area contributed by atoms with E-state index in [4.69, 9.17) is 33.1 Å². The molecule has 0 aliphatic rings. The van der Waals surface area contributed by atoms with Gasteiger partial charge < -0.3 is 0 Å². The maximum Gasteiger partial charge on any atom is 0.143 e. The first-order valence-electron chi connectivity index (χ1n) is 2.42. The topological polar surface area (TPSA) is 66.9 Å². The molecule has 1 heterocycles. The third-order valence-electron chi connectivity index (χ3n) is 0.901. The Bertz CT molecular complexity index is 369. The van der Waals surface area contributed by atoms with Crippen LogP contribution in [0.5, 0.6) is 0 Å². The summed E-state index contributed by atoms with van der Waals surface area (Å²) in [6, 6.07) is 1.42. The van der Waals surface area contributed by atoms with E-state index in [1.165, 1.54) is 6.07 Å². The molecule has 3 N–H and O–H groups in total. The maximum absolute atomic E-state index is 10.9. The Labute approximate surface area is 78.2 Å². The standard InChI is InChI=1S/C4H4Cl2N2OS2/c5-2-1-3(6)10-4(2)11(7,8)9/h1H,(H3,7,8,9). The lowest BCUT2D eigenvalue weighted by atomic mass is 10.7. The molecule has 7 heteroatoms. The number of halogens is 2. The lowest BCUT2D eigenvalue weighted by molar-refractivity contribution is 0.677. The lowest BCUT2D eigenvalue weighted by Crippen LogP contribution is -2.08. The highest BCUT2D eigenvalue weighted by atomic mass is 35.5. The summed E-state index contributed by atoms with van der Waals surface area (Å²) in [6.07, 6.45) is 0. The van der Waals surface area contributed by atoms with Gasteiger partial charge in [-0.15, -0.1) is 11.3 Å². The van der Waals surface area contributed by atoms with Crippen molar-refractivity contribution >= 4 is 44.5 Å². The Morgan fingerprint density at radius 3 is 2.36 bits per heavy atom. The average Bonchev–Trinajstić information content (AvgIpc) is 2.08. The molecule has 0 aromatic carbocycles. The van der Waals surface area contributed by atoms with Gasteiger partial charge in [0.2, 0.25) is 0 Å². The van der Waals surface area contributed by atoms with E-state index in [1.54, 1.807) is 0 Å². The van der Waals surface area contributed by atoms with Crippen LogP contribution in [-0.2, 0) is 9.92 Å². The molecule has 0 bridgehead atoms. The summed E-state index contributed by atoms with van der Waals surface area (Å²) in [6.45, 7) is 0. The zero-order valence-electron chi connectivity index (χ0n) is 5.14. The Hall–Kier alpha value is 0.190. The van der Waals surface area contributed by atoms with Gasteiger partial charge in [-0.3, -0.25) is 0 Å². The molecule has 1 aromatic rings. The van der Waals surface area contributed by atoms with Crippen LogP contribution >= 0.6 is 34.5 Å². The van der Waals surface area contributed by atoms with Gasteiger partial charge in [-0.05, 0) is 6.07 Å². The SMILES string of the molecule is N=S(N)(=O)c1sc(Cl)cc1Cl. The fourth-order valence-corrected chi connectivity index (χ4v) is 3.32. The van der Waals surface area contributed by atoms with Gasteiger partial charge >= 0.3 is 0 Å². The fourth-order valence-electron chi connectivity index (χ4n) is 0.532. The van der Waals surface area contributed by atoms with Crippen molar-refractivity contribution in [1.29, 1.82) is 4.78 Å². The smallest absolute Gasteiger partial charge is 0.143 e. The number of hydrogen-bond acceptors (Lipinski definition) is 3. The number of thiophene rings is 1. The Morgan fingerprint density at radius 2 is 2.18 bits per heavy atom. The quantitative estimate of drug-likeness (QED) is 0.765. The van der Waals surface area contributed by atoms with Gasteiger partial charge in [0, 0.05) is 0 Å². The van der Waals surface area contributed by atoms with E-state index in [-0.39, 0.29) is 9.23 Å². The molecule has 1 unspecified atom stereocenters. The normalized spacial score (nSPS) is 16.3. The summed E-state index contributed by atoms with van der Waals surface area (Å²) in [7, 11) is -3.21. The van der Waals surface area contributed by atoms with Crippen LogP contribution in [0.1, 0.15) is 0 Å². The third kappa shape index (κ3) is 2.07. The summed E-state index contributed by atoms with van der Waals surface area (Å²) in [5.74, 6) is 0. The van der Waals surface area contributed by atoms with E-state index in [0.717, 1.165) is 11.3 Å². The Balaban J connectivity index is 3.36. The Kier molecular flexibility index (Phi) is 2.46. The average molecular weight is 231 g/mol. The van der Waals surface area contributed by atoms with Gasteiger partial charge in [0.1, 0.15) is 14.1 Å². The number of rotatable bonds is 1. The summed E-state index contributed by atoms with van der Waals surface area (Å²) < 4.78 is 18.4. The van der Waals surface area contributed by atoms with Crippen molar-refractivity contribution in [3.05, 3.63) is 15.4 Å². The molecule has 0 saturated carbocycles. The predicted octanol–water partition coefficient (Wildman–Crippen LogP) is 2.33. The maximum atomic E-state index is 10.9. The summed E-state index contributed by atoms with van der Waals surface area (Å²) in [5.41, 5.74) is 0. The molecule has 0 aliphatic heterocycles. The van der Waals surface area contributed by atoms with Crippen LogP contribution in [0.3, 0.4) is 0 Å². The van der Waals surface area contributed by atoms with E-state index in [1.807, 2.05) is 0 Å². The highest BCUT2D eigenvalue weighted by Crippen LogP contribution is 2.33. The van der Waals surface area contributed by atoms with Crippen LogP contribution < -0.4 is 5.14 Å². The summed E-state index contributed by atoms with van der Waals surface area (Å²) >= 11 is 12.1. The van der Waals surface area contributed by atoms with Gasteiger partial charge in [0.05, 0.1) is 9.36 Å². The molecular formula is C4H4Cl2N2OS2. The number of nitrogens with one attached hydrogen (secondary N) is 1. The summed E-state index contributed by atoms with van der Waals surface area (Å²) in [4.78, 5) is 0. The van der Waals surface area contributed by atoms with E-state index >= 15 is 0 Å². The van der Waals surface area contributed by atoms with E-state index < -0.39 is 9.92 Å². The predicted molar refractivity (Wildman–Crippen MR) is 47.7 cm³/mol. The molecule has 0 aliphatic carbocycles. The second kappa shape index (κ2) is 2.91. The van der Waals surface area contributed by atoms with Gasteiger partial charge in [-0.2, -0.15) is 0 Å². The van der Waals surface area contributed by atoms with Crippen LogP contribution in [0.25, 0.3) is 0 Å². The highest BCUT2D eigenvalue weighted by molar-refractivity contribution is 7.92. The van der Waals surface area contributed by atoms with Crippen molar-refractivity contribution in [2.24, 2.45) is 5.14 Å². The lowest BCUT2D eigenvalue weighted by Gasteiger charge is -1.94. The molecule has 0 saturated heterocycles. The molecule has 62 valence electrons. The van der Waals surface area contributed by atoms with Crippen molar-refractivity contribution in [3.63, 3.8) is 0 Å². The van der Waals surface area contributed by atoms with Crippen LogP contribution in [0.2, 0.25) is 9.36 Å². The molecule has 1 atom stereocenters. The van der Waals surface area contributed by atoms with Gasteiger partial charge in [-0.25, -0.2) is 14.1 Å². The molecular weight excluding hydrogens is 227 g/mol. The Morgan fingerprint density at radius 1 is 1.64 bits per heavy atom. The minimum Gasteiger partial charge on any atom is -0.240 e. The largest absolute Gasteiger partial charge is 0.240 e. The number of nitrogens with two attached hydrogens (primary N) is 1. The minimum atomic E-state index is -3.21. The van der Waals surface area contributed by atoms with E-state index in [0.29, 0.717) is 4.34 Å². The van der Waals surface area contributed by atoms with Crippen LogP contribution in [0.4, 0.5) is 0 Å². The van der Waals surface area contributed by atoms with Crippen LogP contribution in [-0.4, -0.2) is 4.21 Å². The van der Waals surface area contributed by atoms with Crippen molar-refractivity contribution in [3.8, 4) is 0 Å². The molecule has 0 fully saturated rings. The van der Waals surface area contributed by atoms with E-state index in [9.17, 15) is 4.21 Å². The zero-order chi connectivity index (χ0) is 8.65. The molecule has 3 nitrogen and oxygen atoms in total. The van der Waals surface area contributed by atoms with Gasteiger partial charge in [0.25, 0.3) is 0 Å². The van der Waals surface area contributed by atoms with Gasteiger partial charge in [0.15, 0.2) is 0 Å². The minimum absolute atomic E-state index is 0.129. The van der Waals surface area contributed by atoms with Crippen molar-refractivity contribution in [2.75, 3.05) is 0 Å². The molecule has 0 spiro atoms. The van der Waals surface area contributed by atoms with Crippen LogP contribution in [0, 0.1) is 4.78 Å². The second-order valence-corrected chi connectivity index (χ2v) is 5.75. The summed E-state index contributed by atoms with van der Waals surface area (Å²) in [5, 5.41) is 5.23. The molecule has 11 heavy (non-hydrogen) atoms. The van der Waals surface area contributed by atoms with Crippen molar-refractivity contribution in [2.45, 2.75) is 4.21 Å². The molecule has 1 aromatic heterocycles. The molecule has 0 amide bonds. The monoisotopic (exact) mass is 230 g/mol. The first-order valence-corrected chi connectivity index (χ1v) is 5.62. The van der Waals surface area contributed by atoms with Crippen molar-refractivity contribution in [1.82, 2.24) is 0 Å². The third-order valence-corrected chi connectivity index (χ3v) is 4.25. The van der Waals surface area contributed by atoms with Gasteiger partial charge in [-0.1, -0.05) is 23.2 Å². The fraction of sp³-hybridized carbons (Fsp3) is 0. The van der Waals surface area contributed by atoms with E-state index in [2.05, 4.69) is 0 Å². The van der Waals surface area contributed by atoms with Crippen LogP contribution in [0.15, 0.2) is 10.3 Å². The molecule has 1 rings (SSSR count). The molecule has 0 radical (unpaired) electrons.